The van der Waals surface area contributed by atoms with Crippen LogP contribution in [0.2, 0.25) is 5.02 Å². The van der Waals surface area contributed by atoms with Gasteiger partial charge in [0.05, 0.1) is 5.75 Å². The molecule has 0 radical (unpaired) electrons. The summed E-state index contributed by atoms with van der Waals surface area (Å²) in [6, 6.07) is 16.0. The molecule has 4 rings (SSSR count). The smallest absolute Gasteiger partial charge is 0.230 e. The molecule has 1 heterocycles. The van der Waals surface area contributed by atoms with Crippen LogP contribution < -0.4 is 5.32 Å². The lowest BCUT2D eigenvalue weighted by atomic mass is 9.78. The lowest BCUT2D eigenvalue weighted by molar-refractivity contribution is -0.120. The van der Waals surface area contributed by atoms with Crippen LogP contribution in [0.4, 0.5) is 0 Å². The number of hydrogen-bond donors (Lipinski definition) is 1. The Labute approximate surface area is 199 Å². The van der Waals surface area contributed by atoms with Crippen LogP contribution in [-0.2, 0) is 4.79 Å². The zero-order valence-electron chi connectivity index (χ0n) is 18.7. The number of carbonyl (C=O) groups excluding carboxylic acids is 1. The first-order valence-corrected chi connectivity index (χ1v) is 12.5. The predicted molar refractivity (Wildman–Crippen MR) is 131 cm³/mol. The van der Waals surface area contributed by atoms with E-state index in [-0.39, 0.29) is 11.9 Å². The van der Waals surface area contributed by atoms with Crippen LogP contribution in [0.1, 0.15) is 38.7 Å². The first kappa shape index (κ1) is 22.9. The molecular formula is C25H29ClN4OS. The summed E-state index contributed by atoms with van der Waals surface area (Å²) >= 11 is 7.52. The highest BCUT2D eigenvalue weighted by atomic mass is 35.5. The van der Waals surface area contributed by atoms with Crippen molar-refractivity contribution in [2.75, 3.05) is 5.75 Å². The van der Waals surface area contributed by atoms with Crippen LogP contribution in [0.25, 0.3) is 17.1 Å². The number of halogens is 1. The molecule has 5 nitrogen and oxygen atoms in total. The van der Waals surface area contributed by atoms with Crippen molar-refractivity contribution in [3.63, 3.8) is 0 Å². The van der Waals surface area contributed by atoms with E-state index in [4.69, 9.17) is 11.6 Å². The van der Waals surface area contributed by atoms with Crippen LogP contribution in [0.3, 0.4) is 0 Å². The van der Waals surface area contributed by atoms with E-state index in [0.717, 1.165) is 29.1 Å². The highest BCUT2D eigenvalue weighted by Gasteiger charge is 2.28. The summed E-state index contributed by atoms with van der Waals surface area (Å²) < 4.78 is 1.99. The van der Waals surface area contributed by atoms with Gasteiger partial charge in [0.1, 0.15) is 0 Å². The van der Waals surface area contributed by atoms with Gasteiger partial charge >= 0.3 is 0 Å². The Hall–Kier alpha value is -2.31. The molecule has 32 heavy (non-hydrogen) atoms. The van der Waals surface area contributed by atoms with Crippen molar-refractivity contribution >= 4 is 29.3 Å². The van der Waals surface area contributed by atoms with Crippen LogP contribution in [-0.4, -0.2) is 32.5 Å². The van der Waals surface area contributed by atoms with Gasteiger partial charge in [-0.2, -0.15) is 0 Å². The first-order valence-electron chi connectivity index (χ1n) is 11.1. The average Bonchev–Trinajstić information content (AvgIpc) is 3.20. The van der Waals surface area contributed by atoms with Crippen LogP contribution in [0, 0.1) is 18.8 Å². The summed E-state index contributed by atoms with van der Waals surface area (Å²) in [7, 11) is 0. The van der Waals surface area contributed by atoms with E-state index in [1.165, 1.54) is 24.6 Å². The zero-order valence-corrected chi connectivity index (χ0v) is 20.3. The largest absolute Gasteiger partial charge is 0.352 e. The molecule has 1 amide bonds. The van der Waals surface area contributed by atoms with E-state index in [0.29, 0.717) is 27.8 Å². The molecule has 0 bridgehead atoms. The summed E-state index contributed by atoms with van der Waals surface area (Å²) in [4.78, 5) is 12.7. The van der Waals surface area contributed by atoms with Gasteiger partial charge in [0.2, 0.25) is 5.91 Å². The number of thioether (sulfide) groups is 1. The van der Waals surface area contributed by atoms with Gasteiger partial charge in [0.15, 0.2) is 11.0 Å². The standard InChI is InChI=1S/C25H29ClN4OS/c1-16-6-4-8-19(14-16)24-28-29-25(30(24)21-12-10-20(26)11-13-21)32-15-23(31)27-22-9-5-7-17(2)18(22)3/h4,6,8,10-14,17-18,22H,5,7,9,15H2,1-3H3,(H,27,31)/t17-,18+,22+/m1/s1. The topological polar surface area (TPSA) is 59.8 Å². The van der Waals surface area contributed by atoms with Crippen molar-refractivity contribution < 1.29 is 4.79 Å². The maximum Gasteiger partial charge on any atom is 0.230 e. The predicted octanol–water partition coefficient (Wildman–Crippen LogP) is 5.93. The second kappa shape index (κ2) is 10.1. The lowest BCUT2D eigenvalue weighted by Gasteiger charge is -2.34. The van der Waals surface area contributed by atoms with Gasteiger partial charge in [0, 0.05) is 22.3 Å². The van der Waals surface area contributed by atoms with E-state index < -0.39 is 0 Å². The van der Waals surface area contributed by atoms with Crippen molar-refractivity contribution in [1.82, 2.24) is 20.1 Å². The van der Waals surface area contributed by atoms with Gasteiger partial charge in [0.25, 0.3) is 0 Å². The van der Waals surface area contributed by atoms with Gasteiger partial charge in [-0.15, -0.1) is 10.2 Å². The minimum Gasteiger partial charge on any atom is -0.352 e. The number of carbonyl (C=O) groups is 1. The van der Waals surface area contributed by atoms with E-state index in [2.05, 4.69) is 48.4 Å². The molecule has 1 aromatic heterocycles. The molecule has 0 aliphatic heterocycles. The van der Waals surface area contributed by atoms with Gasteiger partial charge in [-0.25, -0.2) is 0 Å². The molecular weight excluding hydrogens is 440 g/mol. The Kier molecular flexibility index (Phi) is 7.21. The number of amides is 1. The van der Waals surface area contributed by atoms with E-state index in [1.807, 2.05) is 41.0 Å². The summed E-state index contributed by atoms with van der Waals surface area (Å²) in [5, 5.41) is 13.5. The number of benzene rings is 2. The number of nitrogens with one attached hydrogen (secondary N) is 1. The van der Waals surface area contributed by atoms with Crippen molar-refractivity contribution in [2.45, 2.75) is 51.2 Å². The third-order valence-electron chi connectivity index (χ3n) is 6.38. The molecule has 0 saturated heterocycles. The SMILES string of the molecule is Cc1cccc(-c2nnc(SCC(=O)N[C@H]3CCC[C@@H](C)[C@@H]3C)n2-c2ccc(Cl)cc2)c1. The van der Waals surface area contributed by atoms with Crippen molar-refractivity contribution in [2.24, 2.45) is 11.8 Å². The van der Waals surface area contributed by atoms with E-state index in [1.54, 1.807) is 0 Å². The number of hydrogen-bond acceptors (Lipinski definition) is 4. The number of aryl methyl sites for hydroxylation is 1. The van der Waals surface area contributed by atoms with Gasteiger partial charge < -0.3 is 5.32 Å². The molecule has 3 aromatic rings. The Balaban J connectivity index is 1.56. The Morgan fingerprint density at radius 2 is 1.94 bits per heavy atom. The van der Waals surface area contributed by atoms with E-state index in [9.17, 15) is 4.79 Å². The average molecular weight is 469 g/mol. The molecule has 0 unspecified atom stereocenters. The summed E-state index contributed by atoms with van der Waals surface area (Å²) in [5.74, 6) is 2.24. The van der Waals surface area contributed by atoms with Gasteiger partial charge in [-0.3, -0.25) is 9.36 Å². The lowest BCUT2D eigenvalue weighted by Crippen LogP contribution is -2.44. The van der Waals surface area contributed by atoms with E-state index >= 15 is 0 Å². The summed E-state index contributed by atoms with van der Waals surface area (Å²) in [6.45, 7) is 6.58. The number of rotatable bonds is 6. The highest BCUT2D eigenvalue weighted by Crippen LogP contribution is 2.31. The Morgan fingerprint density at radius 1 is 1.16 bits per heavy atom. The zero-order chi connectivity index (χ0) is 22.7. The molecule has 0 spiro atoms. The fourth-order valence-electron chi connectivity index (χ4n) is 4.32. The van der Waals surface area contributed by atoms with Crippen molar-refractivity contribution in [1.29, 1.82) is 0 Å². The summed E-state index contributed by atoms with van der Waals surface area (Å²) in [6.07, 6.45) is 3.48. The van der Waals surface area contributed by atoms with Crippen molar-refractivity contribution in [3.05, 3.63) is 59.1 Å². The van der Waals surface area contributed by atoms with Gasteiger partial charge in [-0.05, 0) is 55.5 Å². The normalized spacial score (nSPS) is 20.8. The van der Waals surface area contributed by atoms with Gasteiger partial charge in [-0.1, -0.05) is 73.8 Å². The maximum absolute atomic E-state index is 12.7. The molecule has 3 atom stereocenters. The monoisotopic (exact) mass is 468 g/mol. The molecule has 1 aliphatic carbocycles. The minimum absolute atomic E-state index is 0.0451. The number of aromatic nitrogens is 3. The molecule has 168 valence electrons. The maximum atomic E-state index is 12.7. The van der Waals surface area contributed by atoms with Crippen molar-refractivity contribution in [3.8, 4) is 17.1 Å². The molecule has 1 saturated carbocycles. The molecule has 7 heteroatoms. The third-order valence-corrected chi connectivity index (χ3v) is 7.56. The highest BCUT2D eigenvalue weighted by molar-refractivity contribution is 7.99. The third kappa shape index (κ3) is 5.18. The molecule has 1 aliphatic rings. The molecule has 1 N–H and O–H groups in total. The Morgan fingerprint density at radius 3 is 2.69 bits per heavy atom. The number of nitrogens with zero attached hydrogens (tertiary/aromatic N) is 3. The minimum atomic E-state index is 0.0451. The molecule has 2 aromatic carbocycles. The fraction of sp³-hybridized carbons (Fsp3) is 0.400. The summed E-state index contributed by atoms with van der Waals surface area (Å²) in [5.41, 5.74) is 3.04. The molecule has 1 fully saturated rings. The quantitative estimate of drug-likeness (QED) is 0.455. The van der Waals surface area contributed by atoms with Crippen LogP contribution >= 0.6 is 23.4 Å². The fourth-order valence-corrected chi connectivity index (χ4v) is 5.21. The Bertz CT molecular complexity index is 1080. The second-order valence-electron chi connectivity index (χ2n) is 8.72. The second-order valence-corrected chi connectivity index (χ2v) is 10.1. The van der Waals surface area contributed by atoms with Crippen LogP contribution in [0.15, 0.2) is 53.7 Å². The van der Waals surface area contributed by atoms with Crippen LogP contribution in [0.5, 0.6) is 0 Å². The first-order chi connectivity index (χ1) is 15.4.